The Balaban J connectivity index is 1.99. The van der Waals surface area contributed by atoms with Crippen LogP contribution in [0.2, 0.25) is 0 Å². The lowest BCUT2D eigenvalue weighted by Gasteiger charge is -2.16. The van der Waals surface area contributed by atoms with Gasteiger partial charge in [-0.15, -0.1) is 0 Å². The molecular weight excluding hydrogens is 392 g/mol. The Kier molecular flexibility index (Phi) is 9.37. The minimum absolute atomic E-state index is 0.0778. The summed E-state index contributed by atoms with van der Waals surface area (Å²) in [6.45, 7) is 5.49. The molecule has 2 aromatic rings. The number of nitrogens with zero attached hydrogens (tertiary/aromatic N) is 3. The van der Waals surface area contributed by atoms with E-state index in [-0.39, 0.29) is 12.3 Å². The topological polar surface area (TPSA) is 72.7 Å². The van der Waals surface area contributed by atoms with Crippen LogP contribution >= 0.6 is 0 Å². The highest BCUT2D eigenvalue weighted by Gasteiger charge is 2.12. The molecule has 30 heavy (non-hydrogen) atoms. The van der Waals surface area contributed by atoms with Crippen molar-refractivity contribution < 1.29 is 18.3 Å². The van der Waals surface area contributed by atoms with Gasteiger partial charge in [-0.3, -0.25) is 4.99 Å². The largest absolute Gasteiger partial charge is 0.493 e. The van der Waals surface area contributed by atoms with Crippen molar-refractivity contribution >= 4 is 5.96 Å². The molecule has 0 atom stereocenters. The van der Waals surface area contributed by atoms with Gasteiger partial charge >= 0.3 is 6.61 Å². The Morgan fingerprint density at radius 1 is 1.23 bits per heavy atom. The minimum atomic E-state index is -2.91. The Bertz CT molecular complexity index is 808. The fraction of sp³-hybridized carbons (Fsp3) is 0.524. The number of imidazole rings is 1. The van der Waals surface area contributed by atoms with Crippen LogP contribution in [0, 0.1) is 5.92 Å². The number of benzene rings is 1. The second-order valence-electron chi connectivity index (χ2n) is 7.17. The average Bonchev–Trinajstić information content (AvgIpc) is 3.13. The number of alkyl halides is 2. The Morgan fingerprint density at radius 3 is 2.67 bits per heavy atom. The normalized spacial score (nSPS) is 11.8. The maximum atomic E-state index is 12.8. The molecule has 9 heteroatoms. The molecule has 0 unspecified atom stereocenters. The summed E-state index contributed by atoms with van der Waals surface area (Å²) in [6, 6.07) is 4.93. The molecule has 2 N–H and O–H groups in total. The third kappa shape index (κ3) is 7.53. The Hall–Kier alpha value is -2.84. The summed E-state index contributed by atoms with van der Waals surface area (Å²) >= 11 is 0. The molecule has 0 fully saturated rings. The van der Waals surface area contributed by atoms with Crippen molar-refractivity contribution in [1.82, 2.24) is 20.2 Å². The van der Waals surface area contributed by atoms with Crippen LogP contribution in [0.5, 0.6) is 11.5 Å². The van der Waals surface area contributed by atoms with E-state index >= 15 is 0 Å². The number of hydrogen-bond acceptors (Lipinski definition) is 4. The first-order valence-corrected chi connectivity index (χ1v) is 10.1. The predicted molar refractivity (Wildman–Crippen MR) is 113 cm³/mol. The highest BCUT2D eigenvalue weighted by atomic mass is 19.3. The highest BCUT2D eigenvalue weighted by Crippen LogP contribution is 2.26. The number of aliphatic imine (C=N–C) groups is 1. The van der Waals surface area contributed by atoms with Gasteiger partial charge < -0.3 is 24.7 Å². The highest BCUT2D eigenvalue weighted by molar-refractivity contribution is 5.79. The number of nitrogens with one attached hydrogen (secondary N) is 2. The molecular formula is C21H31F2N5O2. The van der Waals surface area contributed by atoms with Gasteiger partial charge in [-0.1, -0.05) is 20.8 Å². The van der Waals surface area contributed by atoms with Crippen molar-refractivity contribution in [3.05, 3.63) is 42.0 Å². The summed E-state index contributed by atoms with van der Waals surface area (Å²) in [6.07, 6.45) is 4.54. The van der Waals surface area contributed by atoms with Crippen LogP contribution in [0.15, 0.2) is 35.6 Å². The van der Waals surface area contributed by atoms with Crippen molar-refractivity contribution in [2.75, 3.05) is 13.7 Å². The first-order valence-electron chi connectivity index (χ1n) is 10.1. The molecule has 0 aliphatic heterocycles. The van der Waals surface area contributed by atoms with Gasteiger partial charge in [0.1, 0.15) is 17.3 Å². The summed E-state index contributed by atoms with van der Waals surface area (Å²) in [7, 11) is 1.65. The van der Waals surface area contributed by atoms with E-state index in [0.29, 0.717) is 36.3 Å². The van der Waals surface area contributed by atoms with E-state index in [9.17, 15) is 8.78 Å². The van der Waals surface area contributed by atoms with Gasteiger partial charge in [0, 0.05) is 44.2 Å². The summed E-state index contributed by atoms with van der Waals surface area (Å²) < 4.78 is 37.9. The molecule has 0 spiro atoms. The Morgan fingerprint density at radius 2 is 2.00 bits per heavy atom. The molecule has 2 rings (SSSR count). The third-order valence-electron chi connectivity index (χ3n) is 4.17. The standard InChI is InChI=1S/C21H31F2N5O2/c1-5-10-29-17-7-6-16(18(11-17)30-20(22)23)12-26-21(24-4)27-13-19-25-8-9-28(19)14-15(2)3/h6-9,11,15,20H,5,10,12-14H2,1-4H3,(H2,24,26,27). The summed E-state index contributed by atoms with van der Waals surface area (Å²) in [5.74, 6) is 2.51. The van der Waals surface area contributed by atoms with Crippen molar-refractivity contribution in [3.63, 3.8) is 0 Å². The first-order chi connectivity index (χ1) is 14.4. The number of hydrogen-bond donors (Lipinski definition) is 2. The van der Waals surface area contributed by atoms with Gasteiger partial charge in [-0.2, -0.15) is 8.78 Å². The van der Waals surface area contributed by atoms with E-state index in [1.165, 1.54) is 6.07 Å². The minimum Gasteiger partial charge on any atom is -0.493 e. The van der Waals surface area contributed by atoms with Gasteiger partial charge in [0.25, 0.3) is 0 Å². The number of aromatic nitrogens is 2. The van der Waals surface area contributed by atoms with Crippen LogP contribution in [0.3, 0.4) is 0 Å². The molecule has 1 heterocycles. The number of rotatable bonds is 11. The maximum Gasteiger partial charge on any atom is 0.387 e. The fourth-order valence-corrected chi connectivity index (χ4v) is 2.83. The van der Waals surface area contributed by atoms with Crippen molar-refractivity contribution in [3.8, 4) is 11.5 Å². The van der Waals surface area contributed by atoms with E-state index in [2.05, 4.69) is 43.8 Å². The lowest BCUT2D eigenvalue weighted by Crippen LogP contribution is -2.37. The average molecular weight is 424 g/mol. The van der Waals surface area contributed by atoms with Crippen LogP contribution in [-0.4, -0.2) is 35.8 Å². The molecule has 0 amide bonds. The molecule has 1 aromatic carbocycles. The monoisotopic (exact) mass is 423 g/mol. The van der Waals surface area contributed by atoms with Crippen molar-refractivity contribution in [2.45, 2.75) is 53.4 Å². The molecule has 0 bridgehead atoms. The summed E-state index contributed by atoms with van der Waals surface area (Å²) in [5.41, 5.74) is 0.573. The van der Waals surface area contributed by atoms with E-state index < -0.39 is 6.61 Å². The van der Waals surface area contributed by atoms with Crippen LogP contribution in [0.1, 0.15) is 38.6 Å². The SMILES string of the molecule is CCCOc1ccc(CNC(=NC)NCc2nccn2CC(C)C)c(OC(F)F)c1. The third-order valence-corrected chi connectivity index (χ3v) is 4.17. The molecule has 0 radical (unpaired) electrons. The second kappa shape index (κ2) is 12.0. The zero-order valence-corrected chi connectivity index (χ0v) is 18.0. The fourth-order valence-electron chi connectivity index (χ4n) is 2.83. The number of ether oxygens (including phenoxy) is 2. The molecule has 0 aliphatic rings. The number of guanidine groups is 1. The van der Waals surface area contributed by atoms with Crippen molar-refractivity contribution in [1.29, 1.82) is 0 Å². The summed E-state index contributed by atoms with van der Waals surface area (Å²) in [5, 5.41) is 6.32. The lowest BCUT2D eigenvalue weighted by molar-refractivity contribution is -0.0505. The molecule has 0 saturated heterocycles. The smallest absolute Gasteiger partial charge is 0.387 e. The molecule has 166 valence electrons. The van der Waals surface area contributed by atoms with Gasteiger partial charge in [-0.25, -0.2) is 4.98 Å². The van der Waals surface area contributed by atoms with Crippen LogP contribution in [-0.2, 0) is 19.6 Å². The van der Waals surface area contributed by atoms with E-state index in [1.807, 2.05) is 13.1 Å². The second-order valence-corrected chi connectivity index (χ2v) is 7.17. The molecule has 0 saturated carbocycles. The van der Waals surface area contributed by atoms with Crippen LogP contribution < -0.4 is 20.1 Å². The van der Waals surface area contributed by atoms with Gasteiger partial charge in [-0.05, 0) is 24.5 Å². The molecule has 1 aromatic heterocycles. The van der Waals surface area contributed by atoms with E-state index in [4.69, 9.17) is 4.74 Å². The Labute approximate surface area is 176 Å². The van der Waals surface area contributed by atoms with Gasteiger partial charge in [0.15, 0.2) is 5.96 Å². The van der Waals surface area contributed by atoms with Crippen LogP contribution in [0.25, 0.3) is 0 Å². The molecule has 7 nitrogen and oxygen atoms in total. The van der Waals surface area contributed by atoms with Gasteiger partial charge in [0.2, 0.25) is 0 Å². The quantitative estimate of drug-likeness (QED) is 0.425. The zero-order chi connectivity index (χ0) is 21.9. The van der Waals surface area contributed by atoms with E-state index in [1.54, 1.807) is 25.4 Å². The summed E-state index contributed by atoms with van der Waals surface area (Å²) in [4.78, 5) is 8.56. The van der Waals surface area contributed by atoms with E-state index in [0.717, 1.165) is 18.8 Å². The lowest BCUT2D eigenvalue weighted by atomic mass is 10.2. The predicted octanol–water partition coefficient (Wildman–Crippen LogP) is 3.79. The van der Waals surface area contributed by atoms with Gasteiger partial charge in [0.05, 0.1) is 13.2 Å². The zero-order valence-electron chi connectivity index (χ0n) is 18.0. The maximum absolute atomic E-state index is 12.8. The first kappa shape index (κ1) is 23.4. The van der Waals surface area contributed by atoms with Crippen molar-refractivity contribution in [2.24, 2.45) is 10.9 Å². The number of halogens is 2. The molecule has 0 aliphatic carbocycles. The van der Waals surface area contributed by atoms with Crippen LogP contribution in [0.4, 0.5) is 8.78 Å².